The molecule has 0 fully saturated rings. The van der Waals surface area contributed by atoms with Crippen LogP contribution in [0.1, 0.15) is 5.56 Å². The number of anilines is 1. The van der Waals surface area contributed by atoms with Gasteiger partial charge in [-0.15, -0.1) is 0 Å². The molecule has 0 aliphatic carbocycles. The van der Waals surface area contributed by atoms with E-state index in [4.69, 9.17) is 0 Å². The molecule has 2 heteroatoms. The third kappa shape index (κ3) is 1.40. The third-order valence-corrected chi connectivity index (χ3v) is 2.55. The number of nitrogens with one attached hydrogen (secondary N) is 1. The van der Waals surface area contributed by atoms with Crippen molar-refractivity contribution in [2.45, 2.75) is 0 Å². The fraction of sp³-hybridized carbons (Fsp3) is 0. The van der Waals surface area contributed by atoms with Gasteiger partial charge in [0, 0.05) is 24.3 Å². The Morgan fingerprint density at radius 1 is 1.07 bits per heavy atom. The molecular formula is C13H10N2. The van der Waals surface area contributed by atoms with Crippen molar-refractivity contribution in [3.63, 3.8) is 0 Å². The van der Waals surface area contributed by atoms with E-state index in [1.165, 1.54) is 16.0 Å². The van der Waals surface area contributed by atoms with Crippen LogP contribution in [-0.4, -0.2) is 6.21 Å². The zero-order valence-corrected chi connectivity index (χ0v) is 8.14. The fourth-order valence-corrected chi connectivity index (χ4v) is 1.79. The molecule has 2 nitrogen and oxygen atoms in total. The van der Waals surface area contributed by atoms with E-state index in [2.05, 4.69) is 28.5 Å². The molecule has 0 atom stereocenters. The van der Waals surface area contributed by atoms with E-state index in [9.17, 15) is 0 Å². The second kappa shape index (κ2) is 3.24. The van der Waals surface area contributed by atoms with E-state index in [1.807, 2.05) is 36.8 Å². The van der Waals surface area contributed by atoms with Gasteiger partial charge < -0.3 is 5.32 Å². The number of hydrogen-bond acceptors (Lipinski definition) is 2. The van der Waals surface area contributed by atoms with E-state index >= 15 is 0 Å². The lowest BCUT2D eigenvalue weighted by atomic mass is 10.1. The van der Waals surface area contributed by atoms with Gasteiger partial charge in [0.2, 0.25) is 0 Å². The molecule has 1 aromatic rings. The Kier molecular flexibility index (Phi) is 1.78. The van der Waals surface area contributed by atoms with E-state index in [0.29, 0.717) is 0 Å². The largest absolute Gasteiger partial charge is 0.361 e. The van der Waals surface area contributed by atoms with Crippen LogP contribution >= 0.6 is 0 Å². The Balaban J connectivity index is 2.36. The Bertz CT molecular complexity index is 604. The molecule has 2 heterocycles. The summed E-state index contributed by atoms with van der Waals surface area (Å²) in [4.78, 5) is 4.10. The Labute approximate surface area is 87.7 Å². The molecule has 1 aromatic carbocycles. The van der Waals surface area contributed by atoms with Gasteiger partial charge in [0.15, 0.2) is 0 Å². The van der Waals surface area contributed by atoms with Crippen LogP contribution < -0.4 is 15.8 Å². The highest BCUT2D eigenvalue weighted by atomic mass is 14.8. The van der Waals surface area contributed by atoms with Crippen molar-refractivity contribution in [1.82, 2.24) is 0 Å². The first kappa shape index (κ1) is 8.24. The average molecular weight is 194 g/mol. The van der Waals surface area contributed by atoms with Crippen molar-refractivity contribution < 1.29 is 0 Å². The summed E-state index contributed by atoms with van der Waals surface area (Å²) in [5.41, 5.74) is 2.36. The smallest absolute Gasteiger partial charge is 0.0459 e. The highest BCUT2D eigenvalue weighted by molar-refractivity contribution is 5.93. The third-order valence-electron chi connectivity index (χ3n) is 2.55. The Morgan fingerprint density at radius 2 is 2.07 bits per heavy atom. The van der Waals surface area contributed by atoms with Gasteiger partial charge in [-0.2, -0.15) is 0 Å². The zero-order valence-electron chi connectivity index (χ0n) is 8.14. The number of rotatable bonds is 0. The van der Waals surface area contributed by atoms with Crippen molar-refractivity contribution in [3.8, 4) is 0 Å². The average Bonchev–Trinajstić information content (AvgIpc) is 2.50. The van der Waals surface area contributed by atoms with Crippen molar-refractivity contribution in [3.05, 3.63) is 46.6 Å². The van der Waals surface area contributed by atoms with Crippen LogP contribution in [0.25, 0.3) is 18.2 Å². The summed E-state index contributed by atoms with van der Waals surface area (Å²) in [6.07, 6.45) is 13.7. The standard InChI is InChI=1S/C13H10N2/c1-2-12-8-10-3-6-14-7-4-11(10)9-13(12)15-5-1/h1-9,15H. The van der Waals surface area contributed by atoms with E-state index in [0.717, 1.165) is 5.69 Å². The molecule has 0 unspecified atom stereocenters. The second-order valence-electron chi connectivity index (χ2n) is 3.52. The normalized spacial score (nSPS) is 15.5. The fourth-order valence-electron chi connectivity index (χ4n) is 1.79. The SMILES string of the molecule is C1=CNc2cc3c(cc2=C1)C=CN=CC=3. The van der Waals surface area contributed by atoms with Crippen LogP contribution in [0.5, 0.6) is 0 Å². The summed E-state index contributed by atoms with van der Waals surface area (Å²) in [7, 11) is 0. The van der Waals surface area contributed by atoms with Crippen molar-refractivity contribution in [1.29, 1.82) is 0 Å². The summed E-state index contributed by atoms with van der Waals surface area (Å²) >= 11 is 0. The lowest BCUT2D eigenvalue weighted by molar-refractivity contribution is 1.45. The molecule has 0 radical (unpaired) electrons. The predicted molar refractivity (Wildman–Crippen MR) is 64.9 cm³/mol. The minimum Gasteiger partial charge on any atom is -0.361 e. The van der Waals surface area contributed by atoms with Crippen LogP contribution in [0.15, 0.2) is 35.6 Å². The lowest BCUT2D eigenvalue weighted by Gasteiger charge is -2.07. The topological polar surface area (TPSA) is 24.4 Å². The highest BCUT2D eigenvalue weighted by Crippen LogP contribution is 2.04. The molecule has 0 aromatic heterocycles. The number of hydrogen-bond donors (Lipinski definition) is 1. The molecule has 15 heavy (non-hydrogen) atoms. The first-order valence-electron chi connectivity index (χ1n) is 4.91. The maximum atomic E-state index is 4.10. The Hall–Kier alpha value is -2.09. The molecule has 3 rings (SSSR count). The summed E-state index contributed by atoms with van der Waals surface area (Å²) < 4.78 is 0. The van der Waals surface area contributed by atoms with Crippen LogP contribution in [-0.2, 0) is 0 Å². The number of nitrogens with zero attached hydrogens (tertiary/aromatic N) is 1. The molecule has 0 saturated heterocycles. The molecule has 0 saturated carbocycles. The first-order valence-corrected chi connectivity index (χ1v) is 4.91. The van der Waals surface area contributed by atoms with E-state index < -0.39 is 0 Å². The monoisotopic (exact) mass is 194 g/mol. The van der Waals surface area contributed by atoms with Gasteiger partial charge in [-0.1, -0.05) is 6.08 Å². The van der Waals surface area contributed by atoms with E-state index in [-0.39, 0.29) is 0 Å². The Morgan fingerprint density at radius 3 is 3.07 bits per heavy atom. The number of fused-ring (bicyclic) bond motifs is 2. The first-order chi connectivity index (χ1) is 7.43. The summed E-state index contributed by atoms with van der Waals surface area (Å²) in [6.45, 7) is 0. The molecule has 0 spiro atoms. The van der Waals surface area contributed by atoms with Gasteiger partial charge in [-0.25, -0.2) is 0 Å². The number of aliphatic imine (C=N–C) groups is 1. The summed E-state index contributed by atoms with van der Waals surface area (Å²) in [5, 5.41) is 5.65. The maximum Gasteiger partial charge on any atom is 0.0459 e. The summed E-state index contributed by atoms with van der Waals surface area (Å²) in [5.74, 6) is 0. The molecule has 0 amide bonds. The molecule has 72 valence electrons. The number of benzene rings is 1. The minimum absolute atomic E-state index is 1.15. The molecule has 1 N–H and O–H groups in total. The minimum atomic E-state index is 1.15. The van der Waals surface area contributed by atoms with Gasteiger partial charge in [0.1, 0.15) is 0 Å². The lowest BCUT2D eigenvalue weighted by Crippen LogP contribution is -2.18. The van der Waals surface area contributed by atoms with Crippen LogP contribution in [0.3, 0.4) is 0 Å². The zero-order chi connectivity index (χ0) is 10.1. The van der Waals surface area contributed by atoms with Crippen LogP contribution in [0.2, 0.25) is 0 Å². The van der Waals surface area contributed by atoms with Gasteiger partial charge in [-0.3, -0.25) is 4.99 Å². The van der Waals surface area contributed by atoms with Crippen LogP contribution in [0, 0.1) is 0 Å². The van der Waals surface area contributed by atoms with Crippen molar-refractivity contribution in [2.75, 3.05) is 5.32 Å². The predicted octanol–water partition coefficient (Wildman–Crippen LogP) is 1.24. The maximum absolute atomic E-state index is 4.10. The van der Waals surface area contributed by atoms with Crippen LogP contribution in [0.4, 0.5) is 5.69 Å². The molecule has 2 aliphatic rings. The number of allylic oxidation sites excluding steroid dienone is 1. The van der Waals surface area contributed by atoms with Gasteiger partial charge in [0.05, 0.1) is 0 Å². The van der Waals surface area contributed by atoms with Crippen molar-refractivity contribution >= 4 is 30.1 Å². The summed E-state index contributed by atoms with van der Waals surface area (Å²) in [6, 6.07) is 4.31. The van der Waals surface area contributed by atoms with E-state index in [1.54, 1.807) is 0 Å². The molecule has 2 aliphatic heterocycles. The highest BCUT2D eigenvalue weighted by Gasteiger charge is 2.00. The quantitative estimate of drug-likeness (QED) is 0.660. The van der Waals surface area contributed by atoms with Gasteiger partial charge in [-0.05, 0) is 46.4 Å². The molecule has 0 bridgehead atoms. The molecular weight excluding hydrogens is 184 g/mol. The van der Waals surface area contributed by atoms with Gasteiger partial charge >= 0.3 is 0 Å². The van der Waals surface area contributed by atoms with Crippen molar-refractivity contribution in [2.24, 2.45) is 4.99 Å². The second-order valence-corrected chi connectivity index (χ2v) is 3.52. The van der Waals surface area contributed by atoms with Gasteiger partial charge in [0.25, 0.3) is 0 Å².